The van der Waals surface area contributed by atoms with Crippen molar-refractivity contribution in [3.63, 3.8) is 0 Å². The highest BCUT2D eigenvalue weighted by atomic mass is 35.5. The molecule has 1 aliphatic rings. The summed E-state index contributed by atoms with van der Waals surface area (Å²) in [5.74, 6) is -0.129. The Kier molecular flexibility index (Phi) is 5.43. The van der Waals surface area contributed by atoms with Crippen molar-refractivity contribution in [1.82, 2.24) is 4.98 Å². The van der Waals surface area contributed by atoms with Gasteiger partial charge in [0.05, 0.1) is 16.2 Å². The van der Waals surface area contributed by atoms with E-state index in [2.05, 4.69) is 10.3 Å². The highest BCUT2D eigenvalue weighted by Crippen LogP contribution is 2.34. The van der Waals surface area contributed by atoms with Gasteiger partial charge in [-0.1, -0.05) is 23.7 Å². The van der Waals surface area contributed by atoms with Gasteiger partial charge in [-0.15, -0.1) is 0 Å². The second-order valence-electron chi connectivity index (χ2n) is 7.79. The number of nitro benzene ring substituents is 1. The molecule has 2 heterocycles. The predicted molar refractivity (Wildman–Crippen MR) is 127 cm³/mol. The molecule has 0 spiro atoms. The number of nitrogens with zero attached hydrogens (tertiary/aromatic N) is 3. The SMILES string of the molecule is O=C(Nc1ccccc1-c1nc2cc(Cl)ccc2o1)c1ccc(N2CCCC2)c([N+](=O)[O-])c1. The van der Waals surface area contributed by atoms with Gasteiger partial charge in [-0.3, -0.25) is 14.9 Å². The molecule has 0 atom stereocenters. The lowest BCUT2D eigenvalue weighted by atomic mass is 10.1. The molecule has 5 rings (SSSR count). The van der Waals surface area contributed by atoms with Crippen molar-refractivity contribution in [1.29, 1.82) is 0 Å². The first kappa shape index (κ1) is 21.0. The second kappa shape index (κ2) is 8.55. The van der Waals surface area contributed by atoms with Crippen LogP contribution in [0.2, 0.25) is 5.02 Å². The van der Waals surface area contributed by atoms with E-state index in [0.717, 1.165) is 25.9 Å². The smallest absolute Gasteiger partial charge is 0.293 e. The topological polar surface area (TPSA) is 102 Å². The largest absolute Gasteiger partial charge is 0.436 e. The van der Waals surface area contributed by atoms with Gasteiger partial charge in [-0.05, 0) is 55.3 Å². The minimum atomic E-state index is -0.460. The summed E-state index contributed by atoms with van der Waals surface area (Å²) >= 11 is 6.04. The number of nitro groups is 1. The normalized spacial score (nSPS) is 13.4. The summed E-state index contributed by atoms with van der Waals surface area (Å²) in [7, 11) is 0. The number of anilines is 2. The van der Waals surface area contributed by atoms with E-state index in [1.165, 1.54) is 6.07 Å². The van der Waals surface area contributed by atoms with Gasteiger partial charge in [0.25, 0.3) is 11.6 Å². The molecule has 0 radical (unpaired) electrons. The number of hydrogen-bond donors (Lipinski definition) is 1. The van der Waals surface area contributed by atoms with Crippen molar-refractivity contribution >= 4 is 45.7 Å². The average molecular weight is 463 g/mol. The molecule has 166 valence electrons. The van der Waals surface area contributed by atoms with E-state index >= 15 is 0 Å². The number of para-hydroxylation sites is 1. The lowest BCUT2D eigenvalue weighted by Gasteiger charge is -2.18. The molecule has 0 unspecified atom stereocenters. The summed E-state index contributed by atoms with van der Waals surface area (Å²) in [5.41, 5.74) is 2.90. The Morgan fingerprint density at radius 2 is 1.88 bits per heavy atom. The van der Waals surface area contributed by atoms with E-state index in [9.17, 15) is 14.9 Å². The monoisotopic (exact) mass is 462 g/mol. The maximum Gasteiger partial charge on any atom is 0.293 e. The van der Waals surface area contributed by atoms with Gasteiger partial charge in [0.2, 0.25) is 5.89 Å². The number of rotatable bonds is 5. The van der Waals surface area contributed by atoms with Crippen LogP contribution >= 0.6 is 11.6 Å². The lowest BCUT2D eigenvalue weighted by molar-refractivity contribution is -0.384. The lowest BCUT2D eigenvalue weighted by Crippen LogP contribution is -2.20. The van der Waals surface area contributed by atoms with Crippen LogP contribution in [0.15, 0.2) is 65.1 Å². The molecule has 4 aromatic rings. The molecule has 1 aromatic heterocycles. The first-order chi connectivity index (χ1) is 16.0. The number of fused-ring (bicyclic) bond motifs is 1. The van der Waals surface area contributed by atoms with Crippen molar-refractivity contribution in [2.24, 2.45) is 0 Å². The van der Waals surface area contributed by atoms with Gasteiger partial charge in [0.15, 0.2) is 5.58 Å². The molecule has 8 nitrogen and oxygen atoms in total. The van der Waals surface area contributed by atoms with E-state index < -0.39 is 10.8 Å². The van der Waals surface area contributed by atoms with Crippen LogP contribution in [0, 0.1) is 10.1 Å². The van der Waals surface area contributed by atoms with Gasteiger partial charge in [0.1, 0.15) is 11.2 Å². The van der Waals surface area contributed by atoms with Gasteiger partial charge in [-0.25, -0.2) is 4.98 Å². The molecule has 0 bridgehead atoms. The zero-order chi connectivity index (χ0) is 22.9. The first-order valence-corrected chi connectivity index (χ1v) is 10.9. The van der Waals surface area contributed by atoms with Crippen molar-refractivity contribution < 1.29 is 14.1 Å². The quantitative estimate of drug-likeness (QED) is 0.292. The van der Waals surface area contributed by atoms with E-state index in [1.807, 2.05) is 11.0 Å². The van der Waals surface area contributed by atoms with Crippen LogP contribution in [0.5, 0.6) is 0 Å². The molecule has 0 aliphatic carbocycles. The second-order valence-corrected chi connectivity index (χ2v) is 8.22. The fourth-order valence-electron chi connectivity index (χ4n) is 4.03. The standard InChI is InChI=1S/C24H19ClN4O4/c25-16-8-10-22-19(14-16)27-24(33-22)17-5-1-2-6-18(17)26-23(30)15-7-9-20(21(13-15)29(31)32)28-11-3-4-12-28/h1-2,5-10,13-14H,3-4,11-12H2,(H,26,30). The molecular weight excluding hydrogens is 444 g/mol. The number of halogens is 1. The highest BCUT2D eigenvalue weighted by Gasteiger charge is 2.24. The van der Waals surface area contributed by atoms with Crippen molar-refractivity contribution in [2.75, 3.05) is 23.3 Å². The van der Waals surface area contributed by atoms with Crippen LogP contribution in [0.1, 0.15) is 23.2 Å². The average Bonchev–Trinajstić information content (AvgIpc) is 3.49. The van der Waals surface area contributed by atoms with E-state index in [0.29, 0.717) is 39.0 Å². The molecule has 1 amide bonds. The zero-order valence-corrected chi connectivity index (χ0v) is 18.2. The maximum absolute atomic E-state index is 13.0. The summed E-state index contributed by atoms with van der Waals surface area (Å²) < 4.78 is 5.84. The summed E-state index contributed by atoms with van der Waals surface area (Å²) in [6.07, 6.45) is 2.00. The fourth-order valence-corrected chi connectivity index (χ4v) is 4.19. The molecule has 1 fully saturated rings. The summed E-state index contributed by atoms with van der Waals surface area (Å²) in [5, 5.41) is 15.1. The van der Waals surface area contributed by atoms with Crippen molar-refractivity contribution in [3.8, 4) is 11.5 Å². The molecule has 33 heavy (non-hydrogen) atoms. The van der Waals surface area contributed by atoms with Crippen LogP contribution in [-0.4, -0.2) is 28.9 Å². The number of oxazole rings is 1. The zero-order valence-electron chi connectivity index (χ0n) is 17.5. The Labute approximate surface area is 193 Å². The van der Waals surface area contributed by atoms with E-state index in [4.69, 9.17) is 16.0 Å². The molecule has 0 saturated carbocycles. The summed E-state index contributed by atoms with van der Waals surface area (Å²) in [6, 6.07) is 16.8. The number of aromatic nitrogens is 1. The number of carbonyl (C=O) groups is 1. The van der Waals surface area contributed by atoms with Gasteiger partial charge in [0, 0.05) is 29.7 Å². The van der Waals surface area contributed by atoms with Gasteiger partial charge >= 0.3 is 0 Å². The highest BCUT2D eigenvalue weighted by molar-refractivity contribution is 6.31. The Hall–Kier alpha value is -3.91. The van der Waals surface area contributed by atoms with Crippen LogP contribution in [0.3, 0.4) is 0 Å². The Bertz CT molecular complexity index is 1380. The number of nitrogens with one attached hydrogen (secondary N) is 1. The molecule has 3 aromatic carbocycles. The molecule has 1 aliphatic heterocycles. The maximum atomic E-state index is 13.0. The summed E-state index contributed by atoms with van der Waals surface area (Å²) in [6.45, 7) is 1.55. The minimum absolute atomic E-state index is 0.0753. The fraction of sp³-hybridized carbons (Fsp3) is 0.167. The van der Waals surface area contributed by atoms with Crippen molar-refractivity contribution in [3.05, 3.63) is 81.4 Å². The Balaban J connectivity index is 1.46. The third-order valence-corrected chi connectivity index (χ3v) is 5.87. The van der Waals surface area contributed by atoms with E-state index in [-0.39, 0.29) is 11.3 Å². The van der Waals surface area contributed by atoms with Gasteiger partial charge < -0.3 is 14.6 Å². The first-order valence-electron chi connectivity index (χ1n) is 10.5. The number of benzene rings is 3. The third-order valence-electron chi connectivity index (χ3n) is 5.64. The minimum Gasteiger partial charge on any atom is -0.436 e. The molecule has 1 N–H and O–H groups in total. The Morgan fingerprint density at radius 3 is 2.67 bits per heavy atom. The summed E-state index contributed by atoms with van der Waals surface area (Å²) in [4.78, 5) is 30.7. The van der Waals surface area contributed by atoms with Crippen LogP contribution < -0.4 is 10.2 Å². The van der Waals surface area contributed by atoms with Crippen LogP contribution in [0.25, 0.3) is 22.6 Å². The molecule has 9 heteroatoms. The van der Waals surface area contributed by atoms with Crippen molar-refractivity contribution in [2.45, 2.75) is 12.8 Å². The molecule has 1 saturated heterocycles. The van der Waals surface area contributed by atoms with Crippen LogP contribution in [0.4, 0.5) is 17.1 Å². The van der Waals surface area contributed by atoms with Gasteiger partial charge in [-0.2, -0.15) is 0 Å². The predicted octanol–water partition coefficient (Wildman–Crippen LogP) is 5.91. The number of amides is 1. The Morgan fingerprint density at radius 1 is 1.09 bits per heavy atom. The van der Waals surface area contributed by atoms with Crippen LogP contribution in [-0.2, 0) is 0 Å². The number of hydrogen-bond acceptors (Lipinski definition) is 6. The number of carbonyl (C=O) groups excluding carboxylic acids is 1. The third kappa shape index (κ3) is 4.12. The molecular formula is C24H19ClN4O4. The van der Waals surface area contributed by atoms with E-state index in [1.54, 1.807) is 48.5 Å².